The second-order valence-corrected chi connectivity index (χ2v) is 4.68. The summed E-state index contributed by atoms with van der Waals surface area (Å²) >= 11 is 0. The van der Waals surface area contributed by atoms with Crippen molar-refractivity contribution < 1.29 is 24.3 Å². The number of non-ortho nitro benzene ring substituents is 1. The Morgan fingerprint density at radius 1 is 0.923 bits per heavy atom. The maximum absolute atomic E-state index is 11.1. The molecular weight excluding hydrogens is 352 g/mol. The van der Waals surface area contributed by atoms with Gasteiger partial charge in [0, 0.05) is 0 Å². The molecule has 0 spiro atoms. The van der Waals surface area contributed by atoms with E-state index in [2.05, 4.69) is 5.16 Å². The molecule has 0 aliphatic rings. The molecule has 0 fully saturated rings. The molecule has 0 aliphatic heterocycles. The van der Waals surface area contributed by atoms with Crippen molar-refractivity contribution in [1.29, 1.82) is 0 Å². The molecule has 12 heteroatoms. The molecule has 134 valence electrons. The van der Waals surface area contributed by atoms with Crippen LogP contribution in [0.5, 0.6) is 11.5 Å². The number of methoxy groups -OCH3 is 1. The lowest BCUT2D eigenvalue weighted by atomic mass is 10.2. The van der Waals surface area contributed by atoms with E-state index in [0.29, 0.717) is 23.4 Å². The number of nitro benzene ring substituents is 3. The van der Waals surface area contributed by atoms with Gasteiger partial charge in [-0.1, -0.05) is 5.16 Å². The smallest absolute Gasteiger partial charge is 0.328 e. The number of nitrogens with zero attached hydrogens (tertiary/aromatic N) is 4. The van der Waals surface area contributed by atoms with Crippen LogP contribution in [0.15, 0.2) is 41.6 Å². The average molecular weight is 362 g/mol. The molecule has 2 rings (SSSR count). The van der Waals surface area contributed by atoms with Crippen molar-refractivity contribution in [3.63, 3.8) is 0 Å². The first-order valence-corrected chi connectivity index (χ1v) is 6.79. The lowest BCUT2D eigenvalue weighted by Gasteiger charge is -2.02. The zero-order chi connectivity index (χ0) is 19.3. The van der Waals surface area contributed by atoms with Gasteiger partial charge in [0.05, 0.1) is 40.2 Å². The Morgan fingerprint density at radius 2 is 1.46 bits per heavy atom. The average Bonchev–Trinajstić information content (AvgIpc) is 2.61. The maximum atomic E-state index is 11.1. The number of ether oxygens (including phenoxy) is 1. The number of oxime groups is 1. The van der Waals surface area contributed by atoms with Crippen molar-refractivity contribution in [2.45, 2.75) is 0 Å². The predicted molar refractivity (Wildman–Crippen MR) is 87.6 cm³/mol. The molecule has 0 aliphatic carbocycles. The molecule has 0 bridgehead atoms. The number of rotatable bonds is 7. The summed E-state index contributed by atoms with van der Waals surface area (Å²) in [7, 11) is 1.49. The van der Waals surface area contributed by atoms with Crippen LogP contribution >= 0.6 is 0 Å². The molecule has 0 N–H and O–H groups in total. The molecule has 0 saturated heterocycles. The van der Waals surface area contributed by atoms with Crippen LogP contribution in [-0.2, 0) is 0 Å². The van der Waals surface area contributed by atoms with Crippen LogP contribution < -0.4 is 9.57 Å². The van der Waals surface area contributed by atoms with Crippen LogP contribution in [0, 0.1) is 30.3 Å². The van der Waals surface area contributed by atoms with Gasteiger partial charge < -0.3 is 9.57 Å². The maximum Gasteiger partial charge on any atom is 0.328 e. The zero-order valence-electron chi connectivity index (χ0n) is 13.1. The summed E-state index contributed by atoms with van der Waals surface area (Å²) in [5, 5.41) is 36.5. The van der Waals surface area contributed by atoms with E-state index in [1.165, 1.54) is 7.11 Å². The standard InChI is InChI=1S/C14H10N4O8/c1-25-11-4-2-9(3-5-11)8-15-26-14-12(17(21)22)6-10(16(19)20)7-13(14)18(23)24/h2-8H,1H3/b15-8+. The van der Waals surface area contributed by atoms with Crippen LogP contribution in [0.2, 0.25) is 0 Å². The van der Waals surface area contributed by atoms with Crippen LogP contribution in [0.25, 0.3) is 0 Å². The van der Waals surface area contributed by atoms with Gasteiger partial charge in [-0.25, -0.2) is 0 Å². The quantitative estimate of drug-likeness (QED) is 0.412. The lowest BCUT2D eigenvalue weighted by Crippen LogP contribution is -2.01. The summed E-state index contributed by atoms with van der Waals surface area (Å²) in [5.74, 6) is -0.222. The predicted octanol–water partition coefficient (Wildman–Crippen LogP) is 2.83. The second kappa shape index (κ2) is 7.65. The number of nitro groups is 3. The van der Waals surface area contributed by atoms with Gasteiger partial charge in [-0.2, -0.15) is 0 Å². The molecule has 0 unspecified atom stereocenters. The van der Waals surface area contributed by atoms with Crippen molar-refractivity contribution >= 4 is 23.3 Å². The van der Waals surface area contributed by atoms with E-state index in [0.717, 1.165) is 6.21 Å². The van der Waals surface area contributed by atoms with Gasteiger partial charge >= 0.3 is 17.1 Å². The van der Waals surface area contributed by atoms with Crippen LogP contribution in [0.4, 0.5) is 17.1 Å². The molecule has 0 heterocycles. The Balaban J connectivity index is 2.39. The van der Waals surface area contributed by atoms with Gasteiger partial charge in [0.1, 0.15) is 5.75 Å². The van der Waals surface area contributed by atoms with Crippen LogP contribution in [-0.4, -0.2) is 28.1 Å². The fourth-order valence-corrected chi connectivity index (χ4v) is 1.88. The van der Waals surface area contributed by atoms with E-state index in [1.54, 1.807) is 24.3 Å². The number of benzene rings is 2. The summed E-state index contributed by atoms with van der Waals surface area (Å²) in [6.45, 7) is 0. The number of hydrogen-bond acceptors (Lipinski definition) is 9. The largest absolute Gasteiger partial charge is 0.497 e. The minimum atomic E-state index is -1.03. The van der Waals surface area contributed by atoms with Crippen molar-refractivity contribution in [1.82, 2.24) is 0 Å². The summed E-state index contributed by atoms with van der Waals surface area (Å²) in [6.07, 6.45) is 1.16. The highest BCUT2D eigenvalue weighted by Gasteiger charge is 2.32. The summed E-state index contributed by atoms with van der Waals surface area (Å²) in [4.78, 5) is 34.7. The van der Waals surface area contributed by atoms with E-state index in [1.807, 2.05) is 0 Å². The van der Waals surface area contributed by atoms with Gasteiger partial charge in [0.2, 0.25) is 0 Å². The molecule has 26 heavy (non-hydrogen) atoms. The highest BCUT2D eigenvalue weighted by atomic mass is 16.7. The van der Waals surface area contributed by atoms with Crippen molar-refractivity contribution in [2.24, 2.45) is 5.16 Å². The minimum absolute atomic E-state index is 0.526. The van der Waals surface area contributed by atoms with Crippen molar-refractivity contribution in [3.8, 4) is 11.5 Å². The third-order valence-corrected chi connectivity index (χ3v) is 3.10. The van der Waals surface area contributed by atoms with E-state index in [4.69, 9.17) is 9.57 Å². The lowest BCUT2D eigenvalue weighted by molar-refractivity contribution is -0.404. The summed E-state index contributed by atoms with van der Waals surface area (Å²) in [6, 6.07) is 7.57. The van der Waals surface area contributed by atoms with Gasteiger partial charge in [0.25, 0.3) is 5.69 Å². The molecule has 0 amide bonds. The first-order chi connectivity index (χ1) is 12.3. The molecule has 2 aromatic rings. The SMILES string of the molecule is COc1ccc(/C=N/Oc2c([N+](=O)[O-])cc([N+](=O)[O-])cc2[N+](=O)[O-])cc1. The Kier molecular flexibility index (Phi) is 5.37. The van der Waals surface area contributed by atoms with Gasteiger partial charge in [-0.15, -0.1) is 0 Å². The molecular formula is C14H10N4O8. The summed E-state index contributed by atoms with van der Waals surface area (Å²) in [5.41, 5.74) is -2.18. The van der Waals surface area contributed by atoms with Gasteiger partial charge in [0.15, 0.2) is 0 Å². The molecule has 0 atom stereocenters. The Morgan fingerprint density at radius 3 is 1.88 bits per heavy atom. The first kappa shape index (κ1) is 18.3. The minimum Gasteiger partial charge on any atom is -0.497 e. The Hall–Kier alpha value is -4.09. The zero-order valence-corrected chi connectivity index (χ0v) is 13.1. The normalized spacial score (nSPS) is 10.5. The fraction of sp³-hybridized carbons (Fsp3) is 0.0714. The second-order valence-electron chi connectivity index (χ2n) is 4.68. The highest BCUT2D eigenvalue weighted by Crippen LogP contribution is 2.40. The molecule has 0 saturated carbocycles. The Bertz CT molecular complexity index is 859. The third-order valence-electron chi connectivity index (χ3n) is 3.10. The molecule has 2 aromatic carbocycles. The topological polar surface area (TPSA) is 160 Å². The van der Waals surface area contributed by atoms with Crippen LogP contribution in [0.1, 0.15) is 5.56 Å². The van der Waals surface area contributed by atoms with E-state index in [9.17, 15) is 30.3 Å². The highest BCUT2D eigenvalue weighted by molar-refractivity contribution is 5.79. The van der Waals surface area contributed by atoms with Gasteiger partial charge in [-0.05, 0) is 29.8 Å². The van der Waals surface area contributed by atoms with Gasteiger partial charge in [-0.3, -0.25) is 30.3 Å². The van der Waals surface area contributed by atoms with Crippen molar-refractivity contribution in [2.75, 3.05) is 7.11 Å². The summed E-state index contributed by atoms with van der Waals surface area (Å²) < 4.78 is 4.98. The monoisotopic (exact) mass is 362 g/mol. The Labute approximate surface area is 144 Å². The molecule has 12 nitrogen and oxygen atoms in total. The fourth-order valence-electron chi connectivity index (χ4n) is 1.88. The third kappa shape index (κ3) is 4.05. The van der Waals surface area contributed by atoms with Crippen LogP contribution in [0.3, 0.4) is 0 Å². The van der Waals surface area contributed by atoms with E-state index >= 15 is 0 Å². The van der Waals surface area contributed by atoms with E-state index in [-0.39, 0.29) is 0 Å². The molecule has 0 aromatic heterocycles. The van der Waals surface area contributed by atoms with E-state index < -0.39 is 37.6 Å². The molecule has 0 radical (unpaired) electrons. The first-order valence-electron chi connectivity index (χ1n) is 6.79. The number of hydrogen-bond donors (Lipinski definition) is 0. The van der Waals surface area contributed by atoms with Crippen molar-refractivity contribution in [3.05, 3.63) is 72.3 Å².